The van der Waals surface area contributed by atoms with Gasteiger partial charge in [-0.05, 0) is 99.2 Å². The van der Waals surface area contributed by atoms with Gasteiger partial charge in [-0.15, -0.1) is 11.8 Å². The van der Waals surface area contributed by atoms with E-state index < -0.39 is 28.5 Å². The summed E-state index contributed by atoms with van der Waals surface area (Å²) in [4.78, 5) is 30.2. The highest BCUT2D eigenvalue weighted by molar-refractivity contribution is 7.98. The molecule has 3 aromatic rings. The molecule has 0 aromatic heterocycles. The number of methoxy groups -OCH3 is 1. The maximum absolute atomic E-state index is 14.3. The minimum atomic E-state index is -4.18. The van der Waals surface area contributed by atoms with Gasteiger partial charge in [0.05, 0.1) is 24.3 Å². The molecule has 3 rings (SSSR count). The van der Waals surface area contributed by atoms with Crippen LogP contribution >= 0.6 is 11.8 Å². The van der Waals surface area contributed by atoms with Crippen LogP contribution in [-0.2, 0) is 26.2 Å². The van der Waals surface area contributed by atoms with E-state index in [0.717, 1.165) is 21.2 Å². The molecule has 0 unspecified atom stereocenters. The van der Waals surface area contributed by atoms with Crippen LogP contribution in [0.5, 0.6) is 11.5 Å². The first-order valence-corrected chi connectivity index (χ1v) is 17.4. The first-order chi connectivity index (χ1) is 21.1. The molecule has 238 valence electrons. The number of thioether (sulfide) groups is 1. The summed E-state index contributed by atoms with van der Waals surface area (Å²) in [5.74, 6) is 0.384. The molecule has 1 N–H and O–H groups in total. The summed E-state index contributed by atoms with van der Waals surface area (Å²) in [6, 6.07) is 19.5. The Bertz CT molecular complexity index is 1480. The Balaban J connectivity index is 2.08. The third kappa shape index (κ3) is 8.92. The highest BCUT2D eigenvalue weighted by atomic mass is 32.2. The Labute approximate surface area is 266 Å². The fraction of sp³-hybridized carbons (Fsp3) is 0.394. The van der Waals surface area contributed by atoms with E-state index in [-0.39, 0.29) is 23.4 Å². The molecular weight excluding hydrogens is 599 g/mol. The molecule has 0 aliphatic carbocycles. The van der Waals surface area contributed by atoms with Gasteiger partial charge in [-0.25, -0.2) is 8.42 Å². The van der Waals surface area contributed by atoms with Crippen molar-refractivity contribution in [3.8, 4) is 11.5 Å². The van der Waals surface area contributed by atoms with Gasteiger partial charge in [0, 0.05) is 17.5 Å². The summed E-state index contributed by atoms with van der Waals surface area (Å²) in [7, 11) is -2.62. The topological polar surface area (TPSA) is 105 Å². The van der Waals surface area contributed by atoms with Gasteiger partial charge < -0.3 is 19.7 Å². The van der Waals surface area contributed by atoms with Crippen LogP contribution in [0.1, 0.15) is 46.1 Å². The number of carbonyl (C=O) groups is 2. The normalized spacial score (nSPS) is 12.6. The molecule has 0 radical (unpaired) electrons. The van der Waals surface area contributed by atoms with E-state index in [1.807, 2.05) is 46.1 Å². The van der Waals surface area contributed by atoms with Crippen LogP contribution in [0, 0.1) is 0 Å². The Morgan fingerprint density at radius 3 is 2.18 bits per heavy atom. The number of amides is 2. The fourth-order valence-electron chi connectivity index (χ4n) is 4.61. The monoisotopic (exact) mass is 641 g/mol. The van der Waals surface area contributed by atoms with Crippen molar-refractivity contribution in [1.29, 1.82) is 0 Å². The zero-order valence-corrected chi connectivity index (χ0v) is 27.9. The summed E-state index contributed by atoms with van der Waals surface area (Å²) in [6.45, 7) is 7.59. The minimum Gasteiger partial charge on any atom is -0.497 e. The van der Waals surface area contributed by atoms with Crippen molar-refractivity contribution >= 4 is 39.3 Å². The van der Waals surface area contributed by atoms with Gasteiger partial charge in [-0.3, -0.25) is 13.9 Å². The number of nitrogens with zero attached hydrogens (tertiary/aromatic N) is 2. The summed E-state index contributed by atoms with van der Waals surface area (Å²) >= 11 is 1.50. The van der Waals surface area contributed by atoms with Crippen molar-refractivity contribution < 1.29 is 27.5 Å². The van der Waals surface area contributed by atoms with Crippen LogP contribution in [0.4, 0.5) is 5.69 Å². The Hall–Kier alpha value is -3.70. The number of benzene rings is 3. The van der Waals surface area contributed by atoms with Gasteiger partial charge in [-0.2, -0.15) is 0 Å². The molecule has 9 nitrogen and oxygen atoms in total. The van der Waals surface area contributed by atoms with E-state index in [4.69, 9.17) is 9.47 Å². The summed E-state index contributed by atoms with van der Waals surface area (Å²) in [6.07, 6.45) is 2.97. The summed E-state index contributed by atoms with van der Waals surface area (Å²) in [5, 5.41) is 2.99. The van der Waals surface area contributed by atoms with E-state index >= 15 is 0 Å². The standard InChI is InChI=1S/C33H43N3O6S2/c1-7-24(4)34-33(38)31(8-2)35(22-25-11-10-12-28(21-25)41-5)32(37)23-36(26-13-15-27(16-14-26)42-9-3)44(39,40)30-19-17-29(43-6)18-20-30/h10-21,24,31H,7-9,22-23H2,1-6H3,(H,34,38)/t24-,31-/m1/s1. The average molecular weight is 642 g/mol. The van der Waals surface area contributed by atoms with Gasteiger partial charge in [0.1, 0.15) is 24.1 Å². The van der Waals surface area contributed by atoms with Gasteiger partial charge >= 0.3 is 0 Å². The van der Waals surface area contributed by atoms with Crippen LogP contribution in [0.15, 0.2) is 82.6 Å². The number of hydrogen-bond acceptors (Lipinski definition) is 7. The minimum absolute atomic E-state index is 0.0536. The third-order valence-electron chi connectivity index (χ3n) is 7.24. The number of rotatable bonds is 16. The lowest BCUT2D eigenvalue weighted by Crippen LogP contribution is -2.53. The smallest absolute Gasteiger partial charge is 0.264 e. The van der Waals surface area contributed by atoms with Gasteiger partial charge in [0.2, 0.25) is 11.8 Å². The molecule has 44 heavy (non-hydrogen) atoms. The van der Waals surface area contributed by atoms with Crippen LogP contribution in [0.3, 0.4) is 0 Å². The molecule has 0 bridgehead atoms. The third-order valence-corrected chi connectivity index (χ3v) is 9.77. The van der Waals surface area contributed by atoms with E-state index in [1.165, 1.54) is 28.8 Å². The van der Waals surface area contributed by atoms with Crippen molar-refractivity contribution in [3.63, 3.8) is 0 Å². The SMILES string of the molecule is CCOc1ccc(N(CC(=O)N(Cc2cccc(OC)c2)[C@H](CC)C(=O)N[C@H](C)CC)S(=O)(=O)c2ccc(SC)cc2)cc1. The molecule has 0 fully saturated rings. The van der Waals surface area contributed by atoms with Crippen LogP contribution in [0.2, 0.25) is 0 Å². The molecule has 0 aliphatic rings. The van der Waals surface area contributed by atoms with Crippen molar-refractivity contribution in [3.05, 3.63) is 78.4 Å². The van der Waals surface area contributed by atoms with Crippen molar-refractivity contribution in [2.45, 2.75) is 69.0 Å². The molecule has 0 spiro atoms. The summed E-state index contributed by atoms with van der Waals surface area (Å²) < 4.78 is 40.3. The molecule has 11 heteroatoms. The molecule has 0 saturated heterocycles. The summed E-state index contributed by atoms with van der Waals surface area (Å²) in [5.41, 5.74) is 1.05. The number of sulfonamides is 1. The second kappa shape index (κ2) is 16.4. The predicted octanol–water partition coefficient (Wildman–Crippen LogP) is 5.73. The first-order valence-electron chi connectivity index (χ1n) is 14.7. The number of carbonyl (C=O) groups excluding carboxylic acids is 2. The molecule has 0 aliphatic heterocycles. The van der Waals surface area contributed by atoms with Crippen LogP contribution in [-0.4, -0.2) is 63.7 Å². The number of nitrogens with one attached hydrogen (secondary N) is 1. The van der Waals surface area contributed by atoms with Gasteiger partial charge in [0.15, 0.2) is 0 Å². The fourth-order valence-corrected chi connectivity index (χ4v) is 6.43. The average Bonchev–Trinajstić information content (AvgIpc) is 3.04. The van der Waals surface area contributed by atoms with Crippen molar-refractivity contribution in [2.75, 3.05) is 30.8 Å². The number of ether oxygens (including phenoxy) is 2. The molecular formula is C33H43N3O6S2. The Morgan fingerprint density at radius 1 is 0.932 bits per heavy atom. The second-order valence-electron chi connectivity index (χ2n) is 10.2. The lowest BCUT2D eigenvalue weighted by atomic mass is 10.1. The highest BCUT2D eigenvalue weighted by Crippen LogP contribution is 2.28. The van der Waals surface area contributed by atoms with Gasteiger partial charge in [-0.1, -0.05) is 26.0 Å². The van der Waals surface area contributed by atoms with E-state index in [2.05, 4.69) is 5.32 Å². The highest BCUT2D eigenvalue weighted by Gasteiger charge is 2.34. The Morgan fingerprint density at radius 2 is 1.61 bits per heavy atom. The lowest BCUT2D eigenvalue weighted by Gasteiger charge is -2.33. The lowest BCUT2D eigenvalue weighted by molar-refractivity contribution is -0.140. The van der Waals surface area contributed by atoms with Gasteiger partial charge in [0.25, 0.3) is 10.0 Å². The first kappa shape index (κ1) is 34.8. The zero-order valence-electron chi connectivity index (χ0n) is 26.3. The van der Waals surface area contributed by atoms with Crippen LogP contribution < -0.4 is 19.1 Å². The number of hydrogen-bond donors (Lipinski definition) is 1. The molecule has 0 heterocycles. The molecule has 0 saturated carbocycles. The maximum atomic E-state index is 14.3. The Kier molecular flexibility index (Phi) is 13.0. The number of anilines is 1. The quantitative estimate of drug-likeness (QED) is 0.199. The van der Waals surface area contributed by atoms with Crippen LogP contribution in [0.25, 0.3) is 0 Å². The zero-order chi connectivity index (χ0) is 32.3. The predicted molar refractivity (Wildman–Crippen MR) is 176 cm³/mol. The largest absolute Gasteiger partial charge is 0.497 e. The van der Waals surface area contributed by atoms with E-state index in [9.17, 15) is 18.0 Å². The van der Waals surface area contributed by atoms with E-state index in [1.54, 1.807) is 55.6 Å². The molecule has 2 atom stereocenters. The maximum Gasteiger partial charge on any atom is 0.264 e. The van der Waals surface area contributed by atoms with Crippen molar-refractivity contribution in [1.82, 2.24) is 10.2 Å². The second-order valence-corrected chi connectivity index (χ2v) is 13.0. The van der Waals surface area contributed by atoms with E-state index in [0.29, 0.717) is 30.2 Å². The molecule has 3 aromatic carbocycles. The molecule has 2 amide bonds. The van der Waals surface area contributed by atoms with Crippen molar-refractivity contribution in [2.24, 2.45) is 0 Å².